The fourth-order valence-corrected chi connectivity index (χ4v) is 2.66. The summed E-state index contributed by atoms with van der Waals surface area (Å²) in [5.41, 5.74) is 1.77. The first-order valence-corrected chi connectivity index (χ1v) is 6.81. The van der Waals surface area contributed by atoms with Crippen molar-refractivity contribution in [2.75, 3.05) is 12.4 Å². The lowest BCUT2D eigenvalue weighted by atomic mass is 10.1. The number of esters is 1. The first kappa shape index (κ1) is 13.6. The van der Waals surface area contributed by atoms with Crippen molar-refractivity contribution in [1.82, 2.24) is 9.78 Å². The van der Waals surface area contributed by atoms with Crippen LogP contribution in [0.25, 0.3) is 0 Å². The van der Waals surface area contributed by atoms with Gasteiger partial charge in [0.25, 0.3) is 0 Å². The smallest absolute Gasteiger partial charge is 0.327 e. The van der Waals surface area contributed by atoms with Crippen molar-refractivity contribution in [3.63, 3.8) is 0 Å². The Bertz CT molecular complexity index is 669. The van der Waals surface area contributed by atoms with Crippen LogP contribution >= 0.6 is 0 Å². The highest BCUT2D eigenvalue weighted by Gasteiger charge is 2.25. The number of anilines is 1. The van der Waals surface area contributed by atoms with Gasteiger partial charge in [-0.15, -0.1) is 0 Å². The minimum atomic E-state index is -0.349. The van der Waals surface area contributed by atoms with E-state index in [4.69, 9.17) is 0 Å². The lowest BCUT2D eigenvalue weighted by Gasteiger charge is -2.13. The van der Waals surface area contributed by atoms with Crippen LogP contribution in [0.1, 0.15) is 23.6 Å². The lowest BCUT2D eigenvalue weighted by molar-refractivity contribution is -0.141. The summed E-state index contributed by atoms with van der Waals surface area (Å²) in [5, 5.41) is 7.55. The molecule has 1 atom stereocenters. The molecule has 0 fully saturated rings. The molecule has 2 aromatic rings. The second-order valence-electron chi connectivity index (χ2n) is 5.02. The number of nitrogens with zero attached hydrogens (tertiary/aromatic N) is 2. The molecule has 21 heavy (non-hydrogen) atoms. The summed E-state index contributed by atoms with van der Waals surface area (Å²) in [6.07, 6.45) is 3.27. The molecular formula is C15H16FN3O2. The van der Waals surface area contributed by atoms with Crippen LogP contribution in [-0.4, -0.2) is 22.9 Å². The first-order valence-electron chi connectivity index (χ1n) is 6.81. The molecular weight excluding hydrogens is 273 g/mol. The number of benzene rings is 1. The van der Waals surface area contributed by atoms with Gasteiger partial charge in [0.1, 0.15) is 18.2 Å². The highest BCUT2D eigenvalue weighted by atomic mass is 19.1. The van der Waals surface area contributed by atoms with E-state index in [1.165, 1.54) is 17.9 Å². The maximum absolute atomic E-state index is 13.7. The van der Waals surface area contributed by atoms with Crippen LogP contribution in [0.2, 0.25) is 0 Å². The number of nitrogens with one attached hydrogen (secondary N) is 1. The van der Waals surface area contributed by atoms with E-state index in [1.54, 1.807) is 18.3 Å². The van der Waals surface area contributed by atoms with Gasteiger partial charge in [-0.25, -0.2) is 4.39 Å². The molecule has 0 spiro atoms. The molecule has 0 bridgehead atoms. The normalized spacial score (nSPS) is 16.6. The van der Waals surface area contributed by atoms with E-state index in [1.807, 2.05) is 6.07 Å². The number of fused-ring (bicyclic) bond motifs is 1. The summed E-state index contributed by atoms with van der Waals surface area (Å²) in [7, 11) is 1.34. The molecule has 1 aliphatic carbocycles. The molecule has 3 rings (SSSR count). The number of methoxy groups -OCH3 is 1. The Labute approximate surface area is 121 Å². The summed E-state index contributed by atoms with van der Waals surface area (Å²) in [5.74, 6) is 0.173. The van der Waals surface area contributed by atoms with E-state index >= 15 is 0 Å². The third kappa shape index (κ3) is 2.74. The Morgan fingerprint density at radius 1 is 1.52 bits per heavy atom. The van der Waals surface area contributed by atoms with Gasteiger partial charge >= 0.3 is 5.97 Å². The summed E-state index contributed by atoms with van der Waals surface area (Å²) < 4.78 is 19.8. The van der Waals surface area contributed by atoms with Crippen LogP contribution in [0.4, 0.5) is 10.2 Å². The number of rotatable bonds is 4. The van der Waals surface area contributed by atoms with Gasteiger partial charge in [-0.3, -0.25) is 9.48 Å². The Morgan fingerprint density at radius 2 is 2.38 bits per heavy atom. The van der Waals surface area contributed by atoms with Crippen molar-refractivity contribution >= 4 is 11.8 Å². The molecule has 0 radical (unpaired) electrons. The van der Waals surface area contributed by atoms with Crippen molar-refractivity contribution in [3.05, 3.63) is 47.4 Å². The van der Waals surface area contributed by atoms with Gasteiger partial charge in [0, 0.05) is 12.3 Å². The van der Waals surface area contributed by atoms with Crippen molar-refractivity contribution in [3.8, 4) is 0 Å². The third-order valence-corrected chi connectivity index (χ3v) is 3.70. The molecule has 0 saturated carbocycles. The predicted molar refractivity (Wildman–Crippen MR) is 75.3 cm³/mol. The molecule has 1 aliphatic rings. The SMILES string of the molecule is COC(=O)Cn1ccc(N[C@H]2CCc3c(F)cccc32)n1. The molecule has 0 aliphatic heterocycles. The van der Waals surface area contributed by atoms with Crippen molar-refractivity contribution in [1.29, 1.82) is 0 Å². The van der Waals surface area contributed by atoms with Crippen LogP contribution in [0.5, 0.6) is 0 Å². The summed E-state index contributed by atoms with van der Waals surface area (Å²) >= 11 is 0. The fraction of sp³-hybridized carbons (Fsp3) is 0.333. The molecule has 6 heteroatoms. The van der Waals surface area contributed by atoms with Gasteiger partial charge in [-0.1, -0.05) is 12.1 Å². The molecule has 0 saturated heterocycles. The molecule has 1 heterocycles. The molecule has 1 aromatic heterocycles. The maximum Gasteiger partial charge on any atom is 0.327 e. The predicted octanol–water partition coefficient (Wildman–Crippen LogP) is 2.29. The topological polar surface area (TPSA) is 56.1 Å². The van der Waals surface area contributed by atoms with Gasteiger partial charge in [0.2, 0.25) is 0 Å². The van der Waals surface area contributed by atoms with Crippen LogP contribution in [-0.2, 0) is 22.5 Å². The number of carbonyl (C=O) groups excluding carboxylic acids is 1. The minimum absolute atomic E-state index is 0.0529. The maximum atomic E-state index is 13.7. The number of halogens is 1. The standard InChI is InChI=1S/C15H16FN3O2/c1-21-15(20)9-19-8-7-14(18-19)17-13-6-5-10-11(13)3-2-4-12(10)16/h2-4,7-8,13H,5-6,9H2,1H3,(H,17,18)/t13-/m0/s1. The van der Waals surface area contributed by atoms with Gasteiger partial charge in [0.15, 0.2) is 0 Å². The van der Waals surface area contributed by atoms with E-state index < -0.39 is 0 Å². The zero-order valence-electron chi connectivity index (χ0n) is 11.7. The second kappa shape index (κ2) is 5.55. The number of aromatic nitrogens is 2. The van der Waals surface area contributed by atoms with Gasteiger partial charge < -0.3 is 10.1 Å². The van der Waals surface area contributed by atoms with Crippen molar-refractivity contribution in [2.24, 2.45) is 0 Å². The van der Waals surface area contributed by atoms with Crippen LogP contribution in [0.15, 0.2) is 30.5 Å². The van der Waals surface area contributed by atoms with E-state index in [0.717, 1.165) is 24.0 Å². The number of carbonyl (C=O) groups is 1. The zero-order valence-corrected chi connectivity index (χ0v) is 11.7. The molecule has 1 aromatic carbocycles. The Balaban J connectivity index is 1.72. The molecule has 110 valence electrons. The van der Waals surface area contributed by atoms with E-state index in [-0.39, 0.29) is 24.4 Å². The first-order chi connectivity index (χ1) is 10.2. The fourth-order valence-electron chi connectivity index (χ4n) is 2.66. The Morgan fingerprint density at radius 3 is 3.19 bits per heavy atom. The third-order valence-electron chi connectivity index (χ3n) is 3.70. The van der Waals surface area contributed by atoms with Crippen molar-refractivity contribution < 1.29 is 13.9 Å². The summed E-state index contributed by atoms with van der Waals surface area (Å²) in [6, 6.07) is 7.00. The van der Waals surface area contributed by atoms with Gasteiger partial charge in [-0.05, 0) is 30.0 Å². The quantitative estimate of drug-likeness (QED) is 0.877. The average molecular weight is 289 g/mol. The van der Waals surface area contributed by atoms with Crippen LogP contribution < -0.4 is 5.32 Å². The second-order valence-corrected chi connectivity index (χ2v) is 5.02. The summed E-state index contributed by atoms with van der Waals surface area (Å²) in [4.78, 5) is 11.2. The van der Waals surface area contributed by atoms with E-state index in [2.05, 4.69) is 15.2 Å². The number of hydrogen-bond donors (Lipinski definition) is 1. The van der Waals surface area contributed by atoms with Gasteiger partial charge in [0.05, 0.1) is 13.2 Å². The zero-order chi connectivity index (χ0) is 14.8. The van der Waals surface area contributed by atoms with E-state index in [0.29, 0.717) is 5.82 Å². The summed E-state index contributed by atoms with van der Waals surface area (Å²) in [6.45, 7) is 0.0774. The minimum Gasteiger partial charge on any atom is -0.468 e. The molecule has 5 nitrogen and oxygen atoms in total. The van der Waals surface area contributed by atoms with Crippen LogP contribution in [0, 0.1) is 5.82 Å². The molecule has 0 unspecified atom stereocenters. The highest BCUT2D eigenvalue weighted by molar-refractivity contribution is 5.68. The van der Waals surface area contributed by atoms with Crippen LogP contribution in [0.3, 0.4) is 0 Å². The molecule has 0 amide bonds. The highest BCUT2D eigenvalue weighted by Crippen LogP contribution is 2.34. The average Bonchev–Trinajstić information content (AvgIpc) is 3.08. The number of hydrogen-bond acceptors (Lipinski definition) is 4. The monoisotopic (exact) mass is 289 g/mol. The van der Waals surface area contributed by atoms with Crippen molar-refractivity contribution in [2.45, 2.75) is 25.4 Å². The lowest BCUT2D eigenvalue weighted by Crippen LogP contribution is -2.13. The largest absolute Gasteiger partial charge is 0.468 e. The Kier molecular flexibility index (Phi) is 3.60. The Hall–Kier alpha value is -2.37. The van der Waals surface area contributed by atoms with Gasteiger partial charge in [-0.2, -0.15) is 5.10 Å². The molecule has 1 N–H and O–H groups in total. The van der Waals surface area contributed by atoms with E-state index in [9.17, 15) is 9.18 Å². The number of ether oxygens (including phenoxy) is 1.